The molecule has 0 radical (unpaired) electrons. The fourth-order valence-corrected chi connectivity index (χ4v) is 12.9. The Morgan fingerprint density at radius 2 is 0.983 bits per heavy atom. The molecule has 2 N–H and O–H groups in total. The van der Waals surface area contributed by atoms with Crippen LogP contribution in [0.2, 0.25) is 0 Å². The highest BCUT2D eigenvalue weighted by Crippen LogP contribution is 2.54. The van der Waals surface area contributed by atoms with Gasteiger partial charge in [-0.05, 0) is 271 Å². The lowest BCUT2D eigenvalue weighted by Gasteiger charge is -2.48. The second-order valence-corrected chi connectivity index (χ2v) is 36.3. The summed E-state index contributed by atoms with van der Waals surface area (Å²) in [6.07, 6.45) is 17.8. The topological polar surface area (TPSA) is 198 Å². The van der Waals surface area contributed by atoms with Gasteiger partial charge in [-0.1, -0.05) is 113 Å². The molecular formula is C94H138F8N6O9. The lowest BCUT2D eigenvalue weighted by atomic mass is 9.56. The van der Waals surface area contributed by atoms with E-state index >= 15 is 0 Å². The van der Waals surface area contributed by atoms with Crippen LogP contribution in [0, 0.1) is 35.0 Å². The van der Waals surface area contributed by atoms with Crippen LogP contribution in [0.25, 0.3) is 21.9 Å². The van der Waals surface area contributed by atoms with Crippen molar-refractivity contribution >= 4 is 45.6 Å². The Morgan fingerprint density at radius 1 is 0.530 bits per heavy atom. The number of carbonyl (C=O) groups excluding carboxylic acids is 4. The van der Waals surface area contributed by atoms with E-state index in [9.17, 15) is 59.4 Å². The number of hydrogen-bond acceptors (Lipinski definition) is 13. The summed E-state index contributed by atoms with van der Waals surface area (Å²) in [7, 11) is 0. The first-order chi connectivity index (χ1) is 54.2. The summed E-state index contributed by atoms with van der Waals surface area (Å²) in [5.74, 6) is 0.428. The summed E-state index contributed by atoms with van der Waals surface area (Å²) in [5.41, 5.74) is -3.86. The van der Waals surface area contributed by atoms with Crippen molar-refractivity contribution in [2.75, 3.05) is 26.4 Å². The quantitative estimate of drug-likeness (QED) is 0.0214. The average Bonchev–Trinajstić information content (AvgIpc) is 1.10. The van der Waals surface area contributed by atoms with Crippen LogP contribution in [0.5, 0.6) is 0 Å². The molecule has 10 rings (SSSR count). The maximum Gasteiger partial charge on any atom is 0.339 e. The van der Waals surface area contributed by atoms with Gasteiger partial charge in [0.2, 0.25) is 0 Å². The van der Waals surface area contributed by atoms with Crippen molar-refractivity contribution < 1.29 is 78.7 Å². The zero-order chi connectivity index (χ0) is 88.2. The Labute approximate surface area is 692 Å². The Hall–Kier alpha value is -7.92. The summed E-state index contributed by atoms with van der Waals surface area (Å²) >= 11 is 0. The Kier molecular flexibility index (Phi) is 42.7. The smallest absolute Gasteiger partial charge is 0.339 e. The number of ketones is 1. The third kappa shape index (κ3) is 44.1. The molecule has 7 atom stereocenters. The molecule has 4 aromatic carbocycles. The molecule has 654 valence electrons. The van der Waals surface area contributed by atoms with Crippen molar-refractivity contribution in [3.05, 3.63) is 168 Å². The van der Waals surface area contributed by atoms with Crippen LogP contribution in [0.3, 0.4) is 0 Å². The first-order valence-corrected chi connectivity index (χ1v) is 41.4. The largest absolute Gasteiger partial charge is 0.462 e. The van der Waals surface area contributed by atoms with Crippen molar-refractivity contribution in [1.29, 1.82) is 0 Å². The molecule has 2 saturated carbocycles. The lowest BCUT2D eigenvalue weighted by Crippen LogP contribution is -2.42. The molecule has 2 fully saturated rings. The van der Waals surface area contributed by atoms with Crippen molar-refractivity contribution in [2.24, 2.45) is 35.0 Å². The number of halogens is 8. The van der Waals surface area contributed by atoms with Crippen LogP contribution in [-0.4, -0.2) is 142 Å². The van der Waals surface area contributed by atoms with Gasteiger partial charge in [0.05, 0.1) is 60.9 Å². The molecule has 0 bridgehead atoms. The molecule has 117 heavy (non-hydrogen) atoms. The second kappa shape index (κ2) is 48.4. The average molecular weight is 1650 g/mol. The molecule has 3 heterocycles. The number of aliphatic hydroxyl groups excluding tert-OH is 2. The molecular weight excluding hydrogens is 1510 g/mol. The second-order valence-electron chi connectivity index (χ2n) is 36.3. The maximum absolute atomic E-state index is 14.1. The van der Waals surface area contributed by atoms with Crippen LogP contribution in [0.1, 0.15) is 279 Å². The van der Waals surface area contributed by atoms with E-state index in [1.54, 1.807) is 141 Å². The first-order valence-electron chi connectivity index (χ1n) is 41.4. The van der Waals surface area contributed by atoms with Crippen LogP contribution < -0.4 is 0 Å². The van der Waals surface area contributed by atoms with Gasteiger partial charge in [0.25, 0.3) is 0 Å². The van der Waals surface area contributed by atoms with Gasteiger partial charge in [-0.25, -0.2) is 49.5 Å². The molecule has 0 aliphatic heterocycles. The highest BCUT2D eigenvalue weighted by molar-refractivity contribution is 5.92. The minimum absolute atomic E-state index is 0.0419. The maximum atomic E-state index is 14.1. The van der Waals surface area contributed by atoms with E-state index in [0.717, 1.165) is 73.3 Å². The van der Waals surface area contributed by atoms with Crippen molar-refractivity contribution in [3.63, 3.8) is 0 Å². The van der Waals surface area contributed by atoms with Crippen LogP contribution in [0.4, 0.5) is 35.1 Å². The number of ether oxygens (including phenoxy) is 3. The molecule has 23 heteroatoms. The molecule has 0 amide bonds. The summed E-state index contributed by atoms with van der Waals surface area (Å²) in [4.78, 5) is 51.1. The minimum atomic E-state index is -1.31. The number of nitrogens with zero attached hydrogens (tertiary/aromatic N) is 6. The minimum Gasteiger partial charge on any atom is -0.462 e. The van der Waals surface area contributed by atoms with E-state index in [-0.39, 0.29) is 74.4 Å². The number of hydrogen-bond donors (Lipinski definition) is 2. The molecule has 0 spiro atoms. The van der Waals surface area contributed by atoms with Gasteiger partial charge in [0.15, 0.2) is 5.78 Å². The Balaban J connectivity index is 0.000000347. The number of rotatable bonds is 27. The third-order valence-electron chi connectivity index (χ3n) is 20.9. The van der Waals surface area contributed by atoms with Gasteiger partial charge in [-0.2, -0.15) is 20.1 Å². The highest BCUT2D eigenvalue weighted by Gasteiger charge is 2.47. The van der Waals surface area contributed by atoms with E-state index in [1.807, 2.05) is 84.5 Å². The Morgan fingerprint density at radius 3 is 1.45 bits per heavy atom. The number of fused-ring (bicyclic) bond motifs is 3. The van der Waals surface area contributed by atoms with E-state index in [0.29, 0.717) is 92.5 Å². The Bertz CT molecular complexity index is 3900. The number of allylic oxidation sites excluding steroid dienone is 2. The standard InChI is InChI=1S/C15H23FO.C13H17FO2.C12H15FN2.C12H15FO2.C11H14FN3.C11H14FNO2.C10H19FO.C10H21FO/c1-10-7-13(17)8-11-5-6-12(14(2,3)16)9-15(10,11)4;1-13(2,14)9-6-10-16-12(15)11-7-4-3-5-8-11;1-12(2,13)7-8-15-11-6-4-3-5-10(11)9-14-15;1-12(2,13)8-9-15-11(14)10-6-4-3-5-7-10;1-11(2,12)7-8-15-13-9-5-3-4-6-10(9)14-15;1-11(2,12)5-7-15-10(14)9-4-3-6-13-8-9;1-7-4-5-8(6-9(7)12)10(2,3)11;1-9(6-8-12)5-4-7-10(2,3)11/h8,10,12H,5-7,9H2,1-4H3;3-5,7-8H,6,9-10H2,1-2H3;3-6,9H,7-8H2,1-2H3;3-7H,8-9H2,1-2H3;3-6H,7-8H2,1-2H3;3-4,6,8H,5,7H2,1-2H3;7-9,12H,4-6H2,1-3H3;9,12H,4-8H2,1-3H3/t10-,12-,15+;;;;;;7-,8-,9-;9-/m1.....10/s1. The number of alkyl halides is 8. The molecule has 3 aliphatic carbocycles. The summed E-state index contributed by atoms with van der Waals surface area (Å²) in [5, 5.41) is 32.0. The molecule has 3 aromatic heterocycles. The van der Waals surface area contributed by atoms with E-state index in [4.69, 9.17) is 19.3 Å². The summed E-state index contributed by atoms with van der Waals surface area (Å²) in [6, 6.07) is 36.3. The SMILES string of the molecule is CC(C)(F)CCCOC(=O)c1ccccc1.CC(C)(F)CCOC(=O)c1ccccc1.CC(C)(F)CCOC(=O)c1cccnc1.CC(C)(F)CCn1nc2ccccc2n1.CC(C)(F)CCn1ncc2ccccc21.C[C@@H]1CC(=O)C=C2CC[C@@H](C(C)(C)F)C[C@]21C.C[C@@H]1CC[C@@H](C(C)(C)F)C[C@H]1O.C[C@H](CCO)CCCC(C)(C)F. The van der Waals surface area contributed by atoms with Crippen LogP contribution in [0.15, 0.2) is 152 Å². The number of aliphatic hydroxyl groups is 2. The first kappa shape index (κ1) is 103. The predicted molar refractivity (Wildman–Crippen MR) is 454 cm³/mol. The molecule has 15 nitrogen and oxygen atoms in total. The fraction of sp³-hybridized carbons (Fsp3) is 0.617. The van der Waals surface area contributed by atoms with Crippen molar-refractivity contribution in [2.45, 2.75) is 312 Å². The molecule has 7 aromatic rings. The normalized spacial score (nSPS) is 18.6. The number of aryl methyl sites for hydroxylation is 2. The van der Waals surface area contributed by atoms with Gasteiger partial charge in [0, 0.05) is 63.0 Å². The number of para-hydroxylation sites is 1. The number of pyridine rings is 1. The van der Waals surface area contributed by atoms with Crippen molar-refractivity contribution in [3.8, 4) is 0 Å². The van der Waals surface area contributed by atoms with E-state index in [2.05, 4.69) is 41.1 Å². The zero-order valence-electron chi connectivity index (χ0n) is 73.5. The third-order valence-corrected chi connectivity index (χ3v) is 20.9. The van der Waals surface area contributed by atoms with Gasteiger partial charge in [-0.3, -0.25) is 14.5 Å². The highest BCUT2D eigenvalue weighted by atomic mass is 19.2. The number of aromatic nitrogens is 6. The van der Waals surface area contributed by atoms with Gasteiger partial charge >= 0.3 is 17.9 Å². The van der Waals surface area contributed by atoms with Crippen molar-refractivity contribution in [1.82, 2.24) is 29.8 Å². The zero-order valence-corrected chi connectivity index (χ0v) is 73.5. The van der Waals surface area contributed by atoms with Crippen LogP contribution in [-0.2, 0) is 32.1 Å². The van der Waals surface area contributed by atoms with Gasteiger partial charge < -0.3 is 24.4 Å². The summed E-state index contributed by atoms with van der Waals surface area (Å²) in [6.45, 7) is 35.3. The summed E-state index contributed by atoms with van der Waals surface area (Å²) < 4.78 is 123. The predicted octanol–water partition coefficient (Wildman–Crippen LogP) is 24.0. The number of esters is 3. The monoisotopic (exact) mass is 1650 g/mol. The molecule has 3 aliphatic rings. The lowest BCUT2D eigenvalue weighted by molar-refractivity contribution is -0.117. The molecule has 0 unspecified atom stereocenters. The van der Waals surface area contributed by atoms with Crippen LogP contribution >= 0.6 is 0 Å². The fourth-order valence-electron chi connectivity index (χ4n) is 12.9. The van der Waals surface area contributed by atoms with Gasteiger partial charge in [-0.15, -0.1) is 0 Å². The number of carbonyl (C=O) groups is 4. The van der Waals surface area contributed by atoms with E-state index in [1.165, 1.54) is 53.3 Å². The molecule has 0 saturated heterocycles. The van der Waals surface area contributed by atoms with E-state index < -0.39 is 57.3 Å². The van der Waals surface area contributed by atoms with Gasteiger partial charge in [0.1, 0.15) is 56.4 Å². The number of benzene rings is 4.